The van der Waals surface area contributed by atoms with Crippen molar-refractivity contribution < 1.29 is 23.8 Å². The fourth-order valence-corrected chi connectivity index (χ4v) is 1.54. The zero-order chi connectivity index (χ0) is 15.8. The normalized spacial score (nSPS) is 13.1. The van der Waals surface area contributed by atoms with Crippen LogP contribution < -0.4 is 4.74 Å². The molecule has 0 fully saturated rings. The molecule has 0 aliphatic rings. The largest absolute Gasteiger partial charge is 0.479 e. The van der Waals surface area contributed by atoms with Crippen LogP contribution in [0.25, 0.3) is 0 Å². The van der Waals surface area contributed by atoms with E-state index in [-0.39, 0.29) is 6.10 Å². The summed E-state index contributed by atoms with van der Waals surface area (Å²) in [4.78, 5) is 23.4. The van der Waals surface area contributed by atoms with Crippen LogP contribution >= 0.6 is 0 Å². The van der Waals surface area contributed by atoms with Gasteiger partial charge in [0, 0.05) is 0 Å². The quantitative estimate of drug-likeness (QED) is 0.723. The smallest absolute Gasteiger partial charge is 0.347 e. The molecule has 0 amide bonds. The molecule has 1 aromatic carbocycles. The highest BCUT2D eigenvalue weighted by Gasteiger charge is 2.19. The van der Waals surface area contributed by atoms with Crippen LogP contribution in [-0.2, 0) is 14.3 Å². The van der Waals surface area contributed by atoms with Gasteiger partial charge in [-0.1, -0.05) is 13.0 Å². The Morgan fingerprint density at radius 3 is 2.52 bits per heavy atom. The zero-order valence-electron chi connectivity index (χ0n) is 12.9. The van der Waals surface area contributed by atoms with E-state index >= 15 is 0 Å². The van der Waals surface area contributed by atoms with Gasteiger partial charge in [-0.25, -0.2) is 9.59 Å². The van der Waals surface area contributed by atoms with E-state index in [4.69, 9.17) is 14.2 Å². The summed E-state index contributed by atoms with van der Waals surface area (Å²) in [5, 5.41) is 0. The van der Waals surface area contributed by atoms with Crippen LogP contribution in [0.4, 0.5) is 0 Å². The average molecular weight is 294 g/mol. The van der Waals surface area contributed by atoms with Crippen LogP contribution in [0.1, 0.15) is 44.5 Å². The first-order chi connectivity index (χ1) is 9.97. The number of hydrogen-bond acceptors (Lipinski definition) is 5. The highest BCUT2D eigenvalue weighted by molar-refractivity contribution is 5.89. The second kappa shape index (κ2) is 8.29. The lowest BCUT2D eigenvalue weighted by Gasteiger charge is -2.17. The Morgan fingerprint density at radius 1 is 1.19 bits per heavy atom. The topological polar surface area (TPSA) is 61.8 Å². The Morgan fingerprint density at radius 2 is 1.90 bits per heavy atom. The molecule has 0 aromatic heterocycles. The van der Waals surface area contributed by atoms with Crippen molar-refractivity contribution in [2.75, 3.05) is 6.61 Å². The Balaban J connectivity index is 2.68. The molecule has 0 aliphatic heterocycles. The molecule has 0 spiro atoms. The molecular weight excluding hydrogens is 272 g/mol. The summed E-state index contributed by atoms with van der Waals surface area (Å²) < 4.78 is 15.6. The summed E-state index contributed by atoms with van der Waals surface area (Å²) in [7, 11) is 0. The molecule has 1 aromatic rings. The van der Waals surface area contributed by atoms with Crippen molar-refractivity contribution in [2.45, 2.75) is 46.3 Å². The molecule has 0 saturated heterocycles. The molecule has 0 saturated carbocycles. The second-order valence-corrected chi connectivity index (χ2v) is 4.66. The van der Waals surface area contributed by atoms with Gasteiger partial charge in [-0.3, -0.25) is 0 Å². The van der Waals surface area contributed by atoms with Crippen LogP contribution in [0, 0.1) is 0 Å². The van der Waals surface area contributed by atoms with Gasteiger partial charge in [-0.05, 0) is 45.4 Å². The summed E-state index contributed by atoms with van der Waals surface area (Å²) in [6.45, 7) is 7.42. The lowest BCUT2D eigenvalue weighted by molar-refractivity contribution is -0.155. The third-order valence-corrected chi connectivity index (χ3v) is 2.88. The van der Waals surface area contributed by atoms with Gasteiger partial charge in [0.1, 0.15) is 5.75 Å². The maximum atomic E-state index is 11.8. The third-order valence-electron chi connectivity index (χ3n) is 2.88. The van der Waals surface area contributed by atoms with E-state index < -0.39 is 18.0 Å². The van der Waals surface area contributed by atoms with Gasteiger partial charge in [0.15, 0.2) is 6.10 Å². The number of carbonyl (C=O) groups excluding carboxylic acids is 2. The van der Waals surface area contributed by atoms with Crippen molar-refractivity contribution >= 4 is 11.9 Å². The van der Waals surface area contributed by atoms with Gasteiger partial charge >= 0.3 is 11.9 Å². The van der Waals surface area contributed by atoms with Crippen LogP contribution in [0.15, 0.2) is 24.3 Å². The Labute approximate surface area is 125 Å². The molecule has 2 unspecified atom stereocenters. The second-order valence-electron chi connectivity index (χ2n) is 4.66. The molecule has 116 valence electrons. The molecule has 0 bridgehead atoms. The van der Waals surface area contributed by atoms with E-state index in [9.17, 15) is 9.59 Å². The SMILES string of the molecule is CCOC(=O)c1cccc(OC(C)C(=O)OC(C)CC)c1. The molecule has 1 rings (SSSR count). The minimum atomic E-state index is -0.739. The summed E-state index contributed by atoms with van der Waals surface area (Å²) in [6, 6.07) is 6.53. The van der Waals surface area contributed by atoms with E-state index in [0.29, 0.717) is 17.9 Å². The predicted molar refractivity (Wildman–Crippen MR) is 78.3 cm³/mol. The van der Waals surface area contributed by atoms with Gasteiger partial charge in [0.2, 0.25) is 0 Å². The first-order valence-corrected chi connectivity index (χ1v) is 7.12. The number of hydrogen-bond donors (Lipinski definition) is 0. The van der Waals surface area contributed by atoms with Crippen molar-refractivity contribution in [2.24, 2.45) is 0 Å². The van der Waals surface area contributed by atoms with Gasteiger partial charge < -0.3 is 14.2 Å². The molecule has 2 atom stereocenters. The predicted octanol–water partition coefficient (Wildman–Crippen LogP) is 2.97. The van der Waals surface area contributed by atoms with E-state index in [1.54, 1.807) is 38.1 Å². The monoisotopic (exact) mass is 294 g/mol. The lowest BCUT2D eigenvalue weighted by Crippen LogP contribution is -2.29. The summed E-state index contributed by atoms with van der Waals surface area (Å²) >= 11 is 0. The fraction of sp³-hybridized carbons (Fsp3) is 0.500. The van der Waals surface area contributed by atoms with E-state index in [2.05, 4.69) is 0 Å². The molecule has 0 N–H and O–H groups in total. The molecule has 5 nitrogen and oxygen atoms in total. The number of esters is 2. The van der Waals surface area contributed by atoms with Crippen molar-refractivity contribution in [1.82, 2.24) is 0 Å². The molecule has 0 heterocycles. The number of rotatable bonds is 7. The highest BCUT2D eigenvalue weighted by Crippen LogP contribution is 2.16. The minimum absolute atomic E-state index is 0.144. The molecule has 21 heavy (non-hydrogen) atoms. The van der Waals surface area contributed by atoms with Crippen molar-refractivity contribution in [3.63, 3.8) is 0 Å². The summed E-state index contributed by atoms with van der Waals surface area (Å²) in [5.41, 5.74) is 0.386. The van der Waals surface area contributed by atoms with Gasteiger partial charge in [-0.2, -0.15) is 0 Å². The van der Waals surface area contributed by atoms with Gasteiger partial charge in [0.05, 0.1) is 18.3 Å². The van der Waals surface area contributed by atoms with E-state index in [1.807, 2.05) is 13.8 Å². The number of ether oxygens (including phenoxy) is 3. The first kappa shape index (κ1) is 17.0. The average Bonchev–Trinajstić information content (AvgIpc) is 2.47. The highest BCUT2D eigenvalue weighted by atomic mass is 16.6. The summed E-state index contributed by atoms with van der Waals surface area (Å²) in [5.74, 6) is -0.419. The lowest BCUT2D eigenvalue weighted by atomic mass is 10.2. The van der Waals surface area contributed by atoms with Crippen LogP contribution in [-0.4, -0.2) is 30.8 Å². The van der Waals surface area contributed by atoms with Crippen LogP contribution in [0.3, 0.4) is 0 Å². The standard InChI is InChI=1S/C16H22O5/c1-5-11(3)20-15(17)12(4)21-14-9-7-8-13(10-14)16(18)19-6-2/h7-12H,5-6H2,1-4H3. The Kier molecular flexibility index (Phi) is 6.72. The van der Waals surface area contributed by atoms with Gasteiger partial charge in [0.25, 0.3) is 0 Å². The van der Waals surface area contributed by atoms with Crippen molar-refractivity contribution in [1.29, 1.82) is 0 Å². The molecule has 0 radical (unpaired) electrons. The van der Waals surface area contributed by atoms with Gasteiger partial charge in [-0.15, -0.1) is 0 Å². The number of carbonyl (C=O) groups is 2. The maximum absolute atomic E-state index is 11.8. The minimum Gasteiger partial charge on any atom is -0.479 e. The van der Waals surface area contributed by atoms with Crippen LogP contribution in [0.5, 0.6) is 5.75 Å². The van der Waals surface area contributed by atoms with E-state index in [0.717, 1.165) is 6.42 Å². The molecule has 0 aliphatic carbocycles. The fourth-order valence-electron chi connectivity index (χ4n) is 1.54. The van der Waals surface area contributed by atoms with Crippen molar-refractivity contribution in [3.8, 4) is 5.75 Å². The first-order valence-electron chi connectivity index (χ1n) is 7.12. The third kappa shape index (κ3) is 5.45. The van der Waals surface area contributed by atoms with Crippen LogP contribution in [0.2, 0.25) is 0 Å². The number of benzene rings is 1. The zero-order valence-corrected chi connectivity index (χ0v) is 12.9. The molecule has 5 heteroatoms. The van der Waals surface area contributed by atoms with Crippen molar-refractivity contribution in [3.05, 3.63) is 29.8 Å². The van der Waals surface area contributed by atoms with E-state index in [1.165, 1.54) is 0 Å². The Hall–Kier alpha value is -2.04. The molecular formula is C16H22O5. The summed E-state index contributed by atoms with van der Waals surface area (Å²) in [6.07, 6.45) is -0.137. The maximum Gasteiger partial charge on any atom is 0.347 e. The Bertz CT molecular complexity index is 483.